The van der Waals surface area contributed by atoms with E-state index >= 15 is 0 Å². The highest BCUT2D eigenvalue weighted by molar-refractivity contribution is 5.89. The zero-order valence-corrected chi connectivity index (χ0v) is 12.3. The van der Waals surface area contributed by atoms with E-state index in [-0.39, 0.29) is 24.2 Å². The van der Waals surface area contributed by atoms with E-state index in [1.807, 2.05) is 0 Å². The molecule has 2 aliphatic carbocycles. The number of rotatable bonds is 2. The van der Waals surface area contributed by atoms with Crippen LogP contribution in [0.1, 0.15) is 26.2 Å². The van der Waals surface area contributed by atoms with Crippen LogP contribution in [0.15, 0.2) is 12.2 Å². The van der Waals surface area contributed by atoms with Crippen molar-refractivity contribution in [2.24, 2.45) is 17.3 Å². The van der Waals surface area contributed by atoms with E-state index < -0.39 is 41.5 Å². The fourth-order valence-electron chi connectivity index (χ4n) is 3.90. The van der Waals surface area contributed by atoms with E-state index in [4.69, 9.17) is 0 Å². The minimum atomic E-state index is -1.26. The Kier molecular flexibility index (Phi) is 4.24. The molecule has 6 atom stereocenters. The van der Waals surface area contributed by atoms with Crippen LogP contribution in [0.5, 0.6) is 0 Å². The Morgan fingerprint density at radius 2 is 2.00 bits per heavy atom. The number of hydrogen-bond acceptors (Lipinski definition) is 6. The van der Waals surface area contributed by atoms with Gasteiger partial charge in [0.15, 0.2) is 0 Å². The minimum absolute atomic E-state index is 0.0487. The van der Waals surface area contributed by atoms with Gasteiger partial charge in [-0.2, -0.15) is 0 Å². The third-order valence-electron chi connectivity index (χ3n) is 5.11. The number of methoxy groups -OCH3 is 1. The highest BCUT2D eigenvalue weighted by Gasteiger charge is 2.58. The van der Waals surface area contributed by atoms with Gasteiger partial charge in [-0.25, -0.2) is 4.79 Å². The normalized spacial score (nSPS) is 43.1. The number of fused-ring (bicyclic) bond motifs is 1. The van der Waals surface area contributed by atoms with Gasteiger partial charge in [0, 0.05) is 23.3 Å². The van der Waals surface area contributed by atoms with Gasteiger partial charge < -0.3 is 20.1 Å². The van der Waals surface area contributed by atoms with Crippen molar-refractivity contribution in [3.8, 4) is 0 Å². The smallest absolute Gasteiger partial charge is 0.333 e. The largest absolute Gasteiger partial charge is 0.466 e. The Morgan fingerprint density at radius 1 is 1.38 bits per heavy atom. The number of ether oxygens (including phenoxy) is 1. The monoisotopic (exact) mass is 298 g/mol. The predicted octanol–water partition coefficient (Wildman–Crippen LogP) is -0.196. The lowest BCUT2D eigenvalue weighted by Crippen LogP contribution is -2.61. The highest BCUT2D eigenvalue weighted by Crippen LogP contribution is 2.51. The average molecular weight is 298 g/mol. The summed E-state index contributed by atoms with van der Waals surface area (Å²) in [6.07, 6.45) is -2.44. The molecule has 0 saturated heterocycles. The summed E-state index contributed by atoms with van der Waals surface area (Å²) in [6, 6.07) is 0. The Balaban J connectivity index is 2.36. The molecule has 0 aliphatic heterocycles. The molecule has 6 nitrogen and oxygen atoms in total. The summed E-state index contributed by atoms with van der Waals surface area (Å²) in [4.78, 5) is 23.8. The molecule has 21 heavy (non-hydrogen) atoms. The van der Waals surface area contributed by atoms with Gasteiger partial charge in [0.2, 0.25) is 0 Å². The first-order valence-corrected chi connectivity index (χ1v) is 7.08. The number of hydrogen-bond donors (Lipinski definition) is 3. The van der Waals surface area contributed by atoms with E-state index in [9.17, 15) is 24.9 Å². The minimum Gasteiger partial charge on any atom is -0.466 e. The summed E-state index contributed by atoms with van der Waals surface area (Å²) in [5, 5.41) is 31.1. The van der Waals surface area contributed by atoms with Crippen molar-refractivity contribution >= 4 is 11.8 Å². The molecule has 2 saturated carbocycles. The van der Waals surface area contributed by atoms with E-state index in [0.29, 0.717) is 6.42 Å². The molecule has 2 aliphatic rings. The van der Waals surface area contributed by atoms with Crippen LogP contribution in [0.2, 0.25) is 0 Å². The van der Waals surface area contributed by atoms with Crippen LogP contribution in [0.25, 0.3) is 0 Å². The predicted molar refractivity (Wildman–Crippen MR) is 73.1 cm³/mol. The average Bonchev–Trinajstić information content (AvgIpc) is 2.41. The number of ketones is 1. The van der Waals surface area contributed by atoms with Crippen molar-refractivity contribution in [1.29, 1.82) is 0 Å². The molecule has 6 heteroatoms. The van der Waals surface area contributed by atoms with Crippen molar-refractivity contribution in [1.82, 2.24) is 0 Å². The van der Waals surface area contributed by atoms with Gasteiger partial charge in [0.05, 0.1) is 31.3 Å². The Hall–Kier alpha value is -1.24. The second-order valence-corrected chi connectivity index (χ2v) is 6.31. The number of carbonyl (C=O) groups excluding carboxylic acids is 2. The van der Waals surface area contributed by atoms with E-state index in [2.05, 4.69) is 11.3 Å². The lowest BCUT2D eigenvalue weighted by molar-refractivity contribution is -0.178. The van der Waals surface area contributed by atoms with Crippen LogP contribution in [0, 0.1) is 17.3 Å². The molecule has 0 aromatic carbocycles. The lowest BCUT2D eigenvalue weighted by atomic mass is 9.54. The third kappa shape index (κ3) is 2.41. The maximum absolute atomic E-state index is 12.2. The molecular weight excluding hydrogens is 276 g/mol. The summed E-state index contributed by atoms with van der Waals surface area (Å²) >= 11 is 0. The van der Waals surface area contributed by atoms with Crippen LogP contribution >= 0.6 is 0 Å². The van der Waals surface area contributed by atoms with Crippen LogP contribution in [-0.2, 0) is 14.3 Å². The van der Waals surface area contributed by atoms with Crippen molar-refractivity contribution < 1.29 is 29.6 Å². The first-order valence-electron chi connectivity index (χ1n) is 7.08. The molecule has 2 rings (SSSR count). The van der Waals surface area contributed by atoms with Crippen molar-refractivity contribution in [3.63, 3.8) is 0 Å². The number of aliphatic hydroxyl groups is 3. The fourth-order valence-corrected chi connectivity index (χ4v) is 3.90. The molecule has 0 bridgehead atoms. The second kappa shape index (κ2) is 5.51. The summed E-state index contributed by atoms with van der Waals surface area (Å²) in [7, 11) is 1.19. The second-order valence-electron chi connectivity index (χ2n) is 6.31. The molecule has 3 N–H and O–H groups in total. The van der Waals surface area contributed by atoms with E-state index in [0.717, 1.165) is 0 Å². The standard InChI is InChI=1S/C15H22O6/c1-7(14(20)21-3)11-9(17)6-15(2)10(18)5-4-8(16)12(15)13(11)19/h9-13,17-19H,1,4-6H2,2-3H3/t9-,10+,11+,12+,13+,15+/m1/s1. The van der Waals surface area contributed by atoms with Crippen LogP contribution in [0.4, 0.5) is 0 Å². The van der Waals surface area contributed by atoms with Gasteiger partial charge in [-0.1, -0.05) is 13.5 Å². The quantitative estimate of drug-likeness (QED) is 0.482. The van der Waals surface area contributed by atoms with E-state index in [1.54, 1.807) is 6.92 Å². The van der Waals surface area contributed by atoms with Crippen LogP contribution in [-0.4, -0.2) is 52.5 Å². The number of carbonyl (C=O) groups is 2. The summed E-state index contributed by atoms with van der Waals surface area (Å²) in [5.74, 6) is -2.63. The first kappa shape index (κ1) is 16.1. The molecule has 118 valence electrons. The number of aliphatic hydroxyl groups excluding tert-OH is 3. The lowest BCUT2D eigenvalue weighted by Gasteiger charge is -2.53. The van der Waals surface area contributed by atoms with Gasteiger partial charge in [-0.3, -0.25) is 4.79 Å². The van der Waals surface area contributed by atoms with Gasteiger partial charge in [-0.05, 0) is 12.8 Å². The maximum Gasteiger partial charge on any atom is 0.333 e. The highest BCUT2D eigenvalue weighted by atomic mass is 16.5. The molecule has 0 aromatic rings. The molecule has 0 amide bonds. The molecule has 2 fully saturated rings. The zero-order chi connectivity index (χ0) is 15.9. The van der Waals surface area contributed by atoms with Crippen molar-refractivity contribution in [3.05, 3.63) is 12.2 Å². The van der Waals surface area contributed by atoms with Crippen LogP contribution < -0.4 is 0 Å². The number of Topliss-reactive ketones (excluding diaryl/α,β-unsaturated/α-hetero) is 1. The van der Waals surface area contributed by atoms with Crippen molar-refractivity contribution in [2.75, 3.05) is 7.11 Å². The summed E-state index contributed by atoms with van der Waals surface area (Å²) in [5.41, 5.74) is -0.937. The molecule has 0 heterocycles. The SMILES string of the molecule is C=C(C(=O)OC)[C@@H]1[C@H](O)[C@@H]2C(=O)CC[C@H](O)[C@]2(C)C[C@H]1O. The molecule has 0 spiro atoms. The van der Waals surface area contributed by atoms with Crippen LogP contribution in [0.3, 0.4) is 0 Å². The zero-order valence-electron chi connectivity index (χ0n) is 12.3. The Morgan fingerprint density at radius 3 is 2.57 bits per heavy atom. The topological polar surface area (TPSA) is 104 Å². The molecule has 0 aromatic heterocycles. The van der Waals surface area contributed by atoms with Gasteiger partial charge in [0.25, 0.3) is 0 Å². The summed E-state index contributed by atoms with van der Waals surface area (Å²) < 4.78 is 4.58. The summed E-state index contributed by atoms with van der Waals surface area (Å²) in [6.45, 7) is 5.28. The third-order valence-corrected chi connectivity index (χ3v) is 5.11. The Bertz CT molecular complexity index is 473. The fraction of sp³-hybridized carbons (Fsp3) is 0.733. The molecule has 0 unspecified atom stereocenters. The van der Waals surface area contributed by atoms with Gasteiger partial charge in [-0.15, -0.1) is 0 Å². The molecular formula is C15H22O6. The van der Waals surface area contributed by atoms with Gasteiger partial charge >= 0.3 is 5.97 Å². The van der Waals surface area contributed by atoms with Crippen molar-refractivity contribution in [2.45, 2.75) is 44.5 Å². The maximum atomic E-state index is 12.2. The first-order chi connectivity index (χ1) is 9.74. The molecule has 0 radical (unpaired) electrons. The van der Waals surface area contributed by atoms with E-state index in [1.165, 1.54) is 7.11 Å². The number of esters is 1. The Labute approximate surface area is 123 Å². The van der Waals surface area contributed by atoms with Gasteiger partial charge in [0.1, 0.15) is 5.78 Å².